The molecular weight excluding hydrogens is 246 g/mol. The normalized spacial score (nSPS) is 18.8. The highest BCUT2D eigenvalue weighted by atomic mass is 35.5. The van der Waals surface area contributed by atoms with Crippen molar-refractivity contribution in [3.05, 3.63) is 0 Å². The molecule has 1 aliphatic rings. The summed E-state index contributed by atoms with van der Waals surface area (Å²) in [6.07, 6.45) is 5.18. The molecule has 5 heteroatoms. The van der Waals surface area contributed by atoms with Gasteiger partial charge in [-0.25, -0.2) is 8.42 Å². The third-order valence-corrected chi connectivity index (χ3v) is 5.45. The zero-order valence-electron chi connectivity index (χ0n) is 10.2. The maximum Gasteiger partial charge on any atom is 0.228 e. The highest BCUT2D eigenvalue weighted by Crippen LogP contribution is 2.26. The first-order valence-electron chi connectivity index (χ1n) is 6.03. The Kier molecular flexibility index (Phi) is 5.54. The molecule has 1 saturated carbocycles. The van der Waals surface area contributed by atoms with Gasteiger partial charge in [-0.1, -0.05) is 26.7 Å². The van der Waals surface area contributed by atoms with E-state index in [4.69, 9.17) is 11.6 Å². The molecule has 0 amide bonds. The number of hydrogen-bond donors (Lipinski definition) is 0. The van der Waals surface area contributed by atoms with Crippen molar-refractivity contribution in [1.29, 1.82) is 0 Å². The zero-order valence-corrected chi connectivity index (χ0v) is 11.7. The highest BCUT2D eigenvalue weighted by molar-refractivity contribution is 7.90. The third-order valence-electron chi connectivity index (χ3n) is 3.15. The SMILES string of the molecule is CC(C)CCN(C1CCCC1)S(=O)(=O)CCl. The van der Waals surface area contributed by atoms with E-state index in [0.717, 1.165) is 32.1 Å². The molecule has 0 N–H and O–H groups in total. The van der Waals surface area contributed by atoms with Crippen LogP contribution in [0.4, 0.5) is 0 Å². The van der Waals surface area contributed by atoms with Crippen LogP contribution in [0.1, 0.15) is 46.0 Å². The Morgan fingerprint density at radius 1 is 1.31 bits per heavy atom. The minimum atomic E-state index is -3.24. The molecule has 0 aromatic heterocycles. The van der Waals surface area contributed by atoms with Crippen LogP contribution in [-0.2, 0) is 10.0 Å². The minimum absolute atomic E-state index is 0.197. The topological polar surface area (TPSA) is 37.4 Å². The van der Waals surface area contributed by atoms with Crippen LogP contribution in [0.15, 0.2) is 0 Å². The average Bonchev–Trinajstić information content (AvgIpc) is 2.70. The summed E-state index contributed by atoms with van der Waals surface area (Å²) in [5.41, 5.74) is 0. The van der Waals surface area contributed by atoms with E-state index in [2.05, 4.69) is 13.8 Å². The van der Waals surface area contributed by atoms with Crippen molar-refractivity contribution in [2.24, 2.45) is 5.92 Å². The smallest absolute Gasteiger partial charge is 0.211 e. The summed E-state index contributed by atoms with van der Waals surface area (Å²) in [6, 6.07) is 0.197. The number of hydrogen-bond acceptors (Lipinski definition) is 2. The molecule has 0 heterocycles. The maximum atomic E-state index is 11.9. The van der Waals surface area contributed by atoms with Gasteiger partial charge in [0.05, 0.1) is 0 Å². The van der Waals surface area contributed by atoms with Gasteiger partial charge in [-0.2, -0.15) is 4.31 Å². The molecule has 0 spiro atoms. The fourth-order valence-electron chi connectivity index (χ4n) is 2.19. The van der Waals surface area contributed by atoms with Gasteiger partial charge in [0, 0.05) is 12.6 Å². The van der Waals surface area contributed by atoms with E-state index in [1.54, 1.807) is 4.31 Å². The van der Waals surface area contributed by atoms with E-state index in [0.29, 0.717) is 12.5 Å². The van der Waals surface area contributed by atoms with E-state index in [9.17, 15) is 8.42 Å². The lowest BCUT2D eigenvalue weighted by molar-refractivity contribution is 0.306. The van der Waals surface area contributed by atoms with Crippen LogP contribution in [0.25, 0.3) is 0 Å². The number of halogens is 1. The predicted octanol–water partition coefficient (Wildman–Crippen LogP) is 2.80. The summed E-state index contributed by atoms with van der Waals surface area (Å²) in [4.78, 5) is 0. The van der Waals surface area contributed by atoms with Gasteiger partial charge in [-0.05, 0) is 25.2 Å². The molecule has 0 unspecified atom stereocenters. The Hall–Kier alpha value is 0.200. The van der Waals surface area contributed by atoms with Crippen molar-refractivity contribution >= 4 is 21.6 Å². The molecule has 96 valence electrons. The lowest BCUT2D eigenvalue weighted by Crippen LogP contribution is -2.40. The second-order valence-corrected chi connectivity index (χ2v) is 7.46. The zero-order chi connectivity index (χ0) is 12.2. The molecule has 3 nitrogen and oxygen atoms in total. The molecule has 0 aliphatic heterocycles. The molecule has 1 rings (SSSR count). The predicted molar refractivity (Wildman–Crippen MR) is 68.1 cm³/mol. The first kappa shape index (κ1) is 14.3. The van der Waals surface area contributed by atoms with Crippen molar-refractivity contribution in [1.82, 2.24) is 4.31 Å². The van der Waals surface area contributed by atoms with Crippen molar-refractivity contribution in [2.45, 2.75) is 52.0 Å². The monoisotopic (exact) mass is 267 g/mol. The lowest BCUT2D eigenvalue weighted by Gasteiger charge is -2.27. The molecule has 16 heavy (non-hydrogen) atoms. The van der Waals surface area contributed by atoms with Crippen LogP contribution in [0.2, 0.25) is 0 Å². The molecule has 0 atom stereocenters. The van der Waals surface area contributed by atoms with Crippen molar-refractivity contribution in [3.8, 4) is 0 Å². The summed E-state index contributed by atoms with van der Waals surface area (Å²) in [6.45, 7) is 4.84. The highest BCUT2D eigenvalue weighted by Gasteiger charge is 2.30. The summed E-state index contributed by atoms with van der Waals surface area (Å²) in [5.74, 6) is 0.523. The minimum Gasteiger partial charge on any atom is -0.211 e. The van der Waals surface area contributed by atoms with E-state index < -0.39 is 10.0 Å². The largest absolute Gasteiger partial charge is 0.228 e. The van der Waals surface area contributed by atoms with Gasteiger partial charge in [0.25, 0.3) is 0 Å². The second kappa shape index (κ2) is 6.22. The molecule has 0 aromatic rings. The van der Waals surface area contributed by atoms with Gasteiger partial charge < -0.3 is 0 Å². The number of rotatable bonds is 6. The van der Waals surface area contributed by atoms with E-state index in [1.165, 1.54) is 0 Å². The molecule has 1 aliphatic carbocycles. The van der Waals surface area contributed by atoms with Crippen LogP contribution < -0.4 is 0 Å². The Morgan fingerprint density at radius 2 is 1.88 bits per heavy atom. The summed E-state index contributed by atoms with van der Waals surface area (Å²) < 4.78 is 25.4. The summed E-state index contributed by atoms with van der Waals surface area (Å²) in [7, 11) is -3.24. The number of sulfonamides is 1. The first-order chi connectivity index (χ1) is 7.47. The molecule has 1 fully saturated rings. The molecule has 0 bridgehead atoms. The third kappa shape index (κ3) is 3.90. The molecule has 0 saturated heterocycles. The van der Waals surface area contributed by atoms with E-state index in [1.807, 2.05) is 0 Å². The van der Waals surface area contributed by atoms with E-state index in [-0.39, 0.29) is 11.3 Å². The summed E-state index contributed by atoms with van der Waals surface area (Å²) in [5, 5.41) is -0.290. The van der Waals surface area contributed by atoms with Crippen LogP contribution in [0, 0.1) is 5.92 Å². The quantitative estimate of drug-likeness (QED) is 0.694. The van der Waals surface area contributed by atoms with Crippen LogP contribution in [0.3, 0.4) is 0 Å². The van der Waals surface area contributed by atoms with Crippen molar-refractivity contribution < 1.29 is 8.42 Å². The average molecular weight is 268 g/mol. The summed E-state index contributed by atoms with van der Waals surface area (Å²) >= 11 is 5.55. The van der Waals surface area contributed by atoms with Crippen LogP contribution in [-0.4, -0.2) is 30.5 Å². The number of nitrogens with zero attached hydrogens (tertiary/aromatic N) is 1. The molecule has 0 radical (unpaired) electrons. The fraction of sp³-hybridized carbons (Fsp3) is 1.00. The Bertz CT molecular complexity index is 297. The Morgan fingerprint density at radius 3 is 2.31 bits per heavy atom. The van der Waals surface area contributed by atoms with Gasteiger partial charge in [0.1, 0.15) is 5.21 Å². The van der Waals surface area contributed by atoms with Crippen molar-refractivity contribution in [3.63, 3.8) is 0 Å². The fourth-order valence-corrected chi connectivity index (χ4v) is 3.74. The van der Waals surface area contributed by atoms with Gasteiger partial charge in [0.2, 0.25) is 10.0 Å². The van der Waals surface area contributed by atoms with Gasteiger partial charge in [-0.3, -0.25) is 0 Å². The molecular formula is C11H22ClNO2S. The lowest BCUT2D eigenvalue weighted by atomic mass is 10.1. The van der Waals surface area contributed by atoms with Gasteiger partial charge in [-0.15, -0.1) is 11.6 Å². The maximum absolute atomic E-state index is 11.9. The van der Waals surface area contributed by atoms with Crippen LogP contribution >= 0.6 is 11.6 Å². The number of alkyl halides is 1. The van der Waals surface area contributed by atoms with Crippen molar-refractivity contribution in [2.75, 3.05) is 11.8 Å². The van der Waals surface area contributed by atoms with Gasteiger partial charge >= 0.3 is 0 Å². The molecule has 0 aromatic carbocycles. The van der Waals surface area contributed by atoms with Gasteiger partial charge in [0.15, 0.2) is 0 Å². The second-order valence-electron chi connectivity index (χ2n) is 4.95. The Labute approximate surface area is 104 Å². The standard InChI is InChI=1S/C11H22ClNO2S/c1-10(2)7-8-13(16(14,15)9-12)11-5-3-4-6-11/h10-11H,3-9H2,1-2H3. The Balaban J connectivity index is 2.68. The van der Waals surface area contributed by atoms with Crippen LogP contribution in [0.5, 0.6) is 0 Å². The van der Waals surface area contributed by atoms with E-state index >= 15 is 0 Å². The first-order valence-corrected chi connectivity index (χ1v) is 8.17.